The summed E-state index contributed by atoms with van der Waals surface area (Å²) in [6.07, 6.45) is -0.789. The van der Waals surface area contributed by atoms with Crippen molar-refractivity contribution in [3.05, 3.63) is 34.9 Å². The van der Waals surface area contributed by atoms with E-state index in [1.165, 1.54) is 19.4 Å². The molecule has 0 nitrogen and oxygen atoms in total. The maximum Gasteiger partial charge on any atom is 0.416 e. The summed E-state index contributed by atoms with van der Waals surface area (Å²) < 4.78 is 37.4. The minimum absolute atomic E-state index is 0.340. The Hall–Kier alpha value is -0.990. The van der Waals surface area contributed by atoms with Gasteiger partial charge in [0.1, 0.15) is 0 Å². The van der Waals surface area contributed by atoms with Gasteiger partial charge in [0, 0.05) is 0 Å². The smallest absolute Gasteiger partial charge is 0.166 e. The molecule has 1 aromatic rings. The molecule has 1 fully saturated rings. The van der Waals surface area contributed by atoms with Gasteiger partial charge in [-0.25, -0.2) is 0 Å². The van der Waals surface area contributed by atoms with Crippen molar-refractivity contribution in [1.82, 2.24) is 0 Å². The fourth-order valence-electron chi connectivity index (χ4n) is 2.00. The summed E-state index contributed by atoms with van der Waals surface area (Å²) in [5.41, 5.74) is 0.893. The minimum atomic E-state index is -4.22. The Morgan fingerprint density at radius 3 is 2.06 bits per heavy atom. The largest absolute Gasteiger partial charge is 0.416 e. The average molecular weight is 244 g/mol. The van der Waals surface area contributed by atoms with E-state index in [9.17, 15) is 13.2 Å². The summed E-state index contributed by atoms with van der Waals surface area (Å²) >= 11 is 0. The molecule has 0 amide bonds. The molecule has 2 rings (SSSR count). The molecule has 0 aromatic heterocycles. The monoisotopic (exact) mass is 244 g/mol. The molecule has 1 saturated carbocycles. The lowest BCUT2D eigenvalue weighted by molar-refractivity contribution is -0.138. The molecule has 0 radical (unpaired) electrons. The molecule has 96 valence electrons. The summed E-state index contributed by atoms with van der Waals surface area (Å²) in [5.74, 6) is 0.492. The van der Waals surface area contributed by atoms with Crippen LogP contribution in [0.5, 0.6) is 0 Å². The summed E-state index contributed by atoms with van der Waals surface area (Å²) in [4.78, 5) is 0. The van der Waals surface area contributed by atoms with Crippen molar-refractivity contribution in [3.63, 3.8) is 0 Å². The van der Waals surface area contributed by atoms with Crippen molar-refractivity contribution in [2.24, 2.45) is 0 Å². The van der Waals surface area contributed by atoms with Crippen LogP contribution in [0.25, 0.3) is 0 Å². The lowest BCUT2D eigenvalue weighted by Gasteiger charge is -2.26. The third-order valence-electron chi connectivity index (χ3n) is 3.13. The van der Waals surface area contributed by atoms with Crippen LogP contribution in [-0.2, 0) is 6.18 Å². The van der Waals surface area contributed by atoms with Crippen LogP contribution in [0.4, 0.5) is 13.2 Å². The number of benzene rings is 1. The molecule has 0 saturated heterocycles. The molecule has 0 atom stereocenters. The van der Waals surface area contributed by atoms with E-state index in [0.29, 0.717) is 11.5 Å². The fraction of sp³-hybridized carbons (Fsp3) is 0.571. The van der Waals surface area contributed by atoms with Gasteiger partial charge >= 0.3 is 6.18 Å². The number of aryl methyl sites for hydroxylation is 1. The van der Waals surface area contributed by atoms with Gasteiger partial charge in [0.25, 0.3) is 0 Å². The van der Waals surface area contributed by atoms with Crippen LogP contribution in [-0.4, -0.2) is 0 Å². The van der Waals surface area contributed by atoms with Crippen LogP contribution in [0.3, 0.4) is 0 Å². The maximum absolute atomic E-state index is 12.5. The Morgan fingerprint density at radius 1 is 1.12 bits per heavy atom. The topological polar surface area (TPSA) is 0 Å². The third-order valence-corrected chi connectivity index (χ3v) is 3.13. The second-order valence-corrected chi connectivity index (χ2v) is 4.20. The molecular weight excluding hydrogens is 225 g/mol. The van der Waals surface area contributed by atoms with Crippen molar-refractivity contribution < 1.29 is 13.2 Å². The second-order valence-electron chi connectivity index (χ2n) is 4.20. The van der Waals surface area contributed by atoms with Crippen LogP contribution < -0.4 is 0 Å². The number of hydrogen-bond donors (Lipinski definition) is 0. The van der Waals surface area contributed by atoms with Crippen LogP contribution >= 0.6 is 0 Å². The highest BCUT2D eigenvalue weighted by atomic mass is 19.4. The number of alkyl halides is 3. The summed E-state index contributed by atoms with van der Waals surface area (Å²) in [7, 11) is 0. The third kappa shape index (κ3) is 3.24. The summed E-state index contributed by atoms with van der Waals surface area (Å²) in [6.45, 7) is 5.53. The molecule has 3 heteroatoms. The minimum Gasteiger partial charge on any atom is -0.166 e. The van der Waals surface area contributed by atoms with Crippen molar-refractivity contribution in [3.8, 4) is 0 Å². The lowest BCUT2D eigenvalue weighted by atomic mass is 9.79. The normalized spacial score (nSPS) is 15.9. The zero-order valence-corrected chi connectivity index (χ0v) is 10.6. The van der Waals surface area contributed by atoms with Crippen LogP contribution in [0.2, 0.25) is 0 Å². The highest BCUT2D eigenvalue weighted by molar-refractivity contribution is 5.35. The quantitative estimate of drug-likeness (QED) is 0.628. The van der Waals surface area contributed by atoms with Gasteiger partial charge in [0.2, 0.25) is 0 Å². The molecule has 0 heterocycles. The van der Waals surface area contributed by atoms with Gasteiger partial charge in [0.05, 0.1) is 5.56 Å². The first-order valence-electron chi connectivity index (χ1n) is 6.16. The molecule has 1 aliphatic carbocycles. The van der Waals surface area contributed by atoms with Gasteiger partial charge in [-0.1, -0.05) is 32.4 Å². The number of halogens is 3. The highest BCUT2D eigenvalue weighted by Crippen LogP contribution is 2.39. The molecule has 0 N–H and O–H groups in total. The Labute approximate surface area is 101 Å². The highest BCUT2D eigenvalue weighted by Gasteiger charge is 2.32. The zero-order valence-electron chi connectivity index (χ0n) is 10.6. The Morgan fingerprint density at radius 2 is 1.71 bits per heavy atom. The van der Waals surface area contributed by atoms with Crippen LogP contribution in [0, 0.1) is 6.92 Å². The molecule has 0 unspecified atom stereocenters. The van der Waals surface area contributed by atoms with Gasteiger partial charge in [-0.2, -0.15) is 13.2 Å². The van der Waals surface area contributed by atoms with E-state index in [2.05, 4.69) is 0 Å². The van der Waals surface area contributed by atoms with E-state index in [1.807, 2.05) is 13.8 Å². The summed E-state index contributed by atoms with van der Waals surface area (Å²) in [5, 5.41) is 0. The zero-order chi connectivity index (χ0) is 13.1. The Bertz CT molecular complexity index is 362. The van der Waals surface area contributed by atoms with Crippen molar-refractivity contribution in [2.45, 2.75) is 52.1 Å². The van der Waals surface area contributed by atoms with E-state index < -0.39 is 11.7 Å². The lowest BCUT2D eigenvalue weighted by Crippen LogP contribution is -2.11. The van der Waals surface area contributed by atoms with Crippen molar-refractivity contribution >= 4 is 0 Å². The van der Waals surface area contributed by atoms with Gasteiger partial charge in [-0.15, -0.1) is 0 Å². The van der Waals surface area contributed by atoms with Gasteiger partial charge < -0.3 is 0 Å². The predicted octanol–water partition coefficient (Wildman–Crippen LogP) is 5.31. The molecule has 1 aliphatic rings. The van der Waals surface area contributed by atoms with E-state index in [-0.39, 0.29) is 0 Å². The van der Waals surface area contributed by atoms with E-state index in [4.69, 9.17) is 0 Å². The number of hydrogen-bond acceptors (Lipinski definition) is 0. The molecular formula is C14H19F3. The van der Waals surface area contributed by atoms with Gasteiger partial charge in [-0.05, 0) is 42.9 Å². The van der Waals surface area contributed by atoms with Crippen LogP contribution in [0.15, 0.2) is 18.2 Å². The van der Waals surface area contributed by atoms with E-state index >= 15 is 0 Å². The molecule has 0 bridgehead atoms. The molecule has 0 spiro atoms. The molecule has 0 aliphatic heterocycles. The van der Waals surface area contributed by atoms with Crippen molar-refractivity contribution in [1.29, 1.82) is 0 Å². The first kappa shape index (κ1) is 14.1. The molecule has 1 aromatic carbocycles. The van der Waals surface area contributed by atoms with E-state index in [0.717, 1.165) is 18.4 Å². The predicted molar refractivity (Wildman–Crippen MR) is 64.1 cm³/mol. The van der Waals surface area contributed by atoms with Gasteiger partial charge in [-0.3, -0.25) is 0 Å². The Balaban J connectivity index is 0.000000686. The van der Waals surface area contributed by atoms with Crippen LogP contribution in [0.1, 0.15) is 55.7 Å². The second kappa shape index (κ2) is 5.56. The molecule has 17 heavy (non-hydrogen) atoms. The SMILES string of the molecule is CC.Cc1cc(C2CCC2)ccc1C(F)(F)F. The first-order chi connectivity index (χ1) is 7.98. The average Bonchev–Trinajstić information content (AvgIpc) is 2.16. The summed E-state index contributed by atoms with van der Waals surface area (Å²) in [6, 6.07) is 4.52. The van der Waals surface area contributed by atoms with Gasteiger partial charge in [0.15, 0.2) is 0 Å². The van der Waals surface area contributed by atoms with Crippen molar-refractivity contribution in [2.75, 3.05) is 0 Å². The number of rotatable bonds is 1. The standard InChI is InChI=1S/C12H13F3.C2H6/c1-8-7-10(9-3-2-4-9)5-6-11(8)12(13,14)15;1-2/h5-7,9H,2-4H2,1H3;1-2H3. The first-order valence-corrected chi connectivity index (χ1v) is 6.16. The fourth-order valence-corrected chi connectivity index (χ4v) is 2.00. The van der Waals surface area contributed by atoms with E-state index in [1.54, 1.807) is 12.1 Å². The maximum atomic E-state index is 12.5. The Kier molecular flexibility index (Phi) is 4.61.